The van der Waals surface area contributed by atoms with Gasteiger partial charge in [-0.3, -0.25) is 4.79 Å². The number of benzene rings is 1. The van der Waals surface area contributed by atoms with E-state index in [4.69, 9.17) is 9.47 Å². The van der Waals surface area contributed by atoms with Gasteiger partial charge in [-0.05, 0) is 44.3 Å². The zero-order valence-electron chi connectivity index (χ0n) is 15.3. The summed E-state index contributed by atoms with van der Waals surface area (Å²) in [6.45, 7) is 7.50. The first-order chi connectivity index (χ1) is 12.4. The lowest BCUT2D eigenvalue weighted by Crippen LogP contribution is -2.35. The van der Waals surface area contributed by atoms with Crippen LogP contribution in [0.5, 0.6) is 11.5 Å². The van der Waals surface area contributed by atoms with Crippen LogP contribution in [0.2, 0.25) is 0 Å². The van der Waals surface area contributed by atoms with Gasteiger partial charge in [-0.2, -0.15) is 0 Å². The molecule has 0 radical (unpaired) electrons. The number of sulfonamides is 1. The molecule has 2 N–H and O–H groups in total. The van der Waals surface area contributed by atoms with Crippen molar-refractivity contribution in [3.05, 3.63) is 23.8 Å². The minimum absolute atomic E-state index is 0.0403. The number of fused-ring (bicyclic) bond motifs is 1. The molecule has 0 fully saturated rings. The maximum atomic E-state index is 12.1. The predicted octanol–water partition coefficient (Wildman–Crippen LogP) is 0.796. The van der Waals surface area contributed by atoms with Gasteiger partial charge in [0.1, 0.15) is 0 Å². The van der Waals surface area contributed by atoms with Crippen molar-refractivity contribution in [2.45, 2.75) is 20.3 Å². The van der Waals surface area contributed by atoms with Crippen molar-refractivity contribution in [2.24, 2.45) is 0 Å². The van der Waals surface area contributed by atoms with E-state index in [-0.39, 0.29) is 25.0 Å². The third-order valence-corrected chi connectivity index (χ3v) is 5.54. The smallest absolute Gasteiger partial charge is 0.251 e. The highest BCUT2D eigenvalue weighted by Gasteiger charge is 2.17. The fraction of sp³-hybridized carbons (Fsp3) is 0.588. The Labute approximate surface area is 154 Å². The Balaban J connectivity index is 1.70. The van der Waals surface area contributed by atoms with E-state index in [0.29, 0.717) is 23.6 Å². The summed E-state index contributed by atoms with van der Waals surface area (Å²) < 4.78 is 36.9. The molecule has 0 bridgehead atoms. The van der Waals surface area contributed by atoms with Crippen LogP contribution in [0.4, 0.5) is 0 Å². The number of amides is 1. The normalized spacial score (nSPS) is 13.2. The second kappa shape index (κ2) is 9.75. The predicted molar refractivity (Wildman–Crippen MR) is 99.1 cm³/mol. The minimum Gasteiger partial charge on any atom is -0.454 e. The van der Waals surface area contributed by atoms with Gasteiger partial charge in [0.05, 0.1) is 5.75 Å². The summed E-state index contributed by atoms with van der Waals surface area (Å²) in [5, 5.41) is 2.61. The van der Waals surface area contributed by atoms with Crippen LogP contribution in [-0.4, -0.2) is 64.5 Å². The standard InChI is InChI=1S/C17H27N3O5S/c1-3-20(4-2)10-5-8-19-26(22,23)11-9-18-17(21)14-6-7-15-16(12-14)25-13-24-15/h6-7,12,19H,3-5,8-11,13H2,1-2H3,(H,18,21). The van der Waals surface area contributed by atoms with Crippen molar-refractivity contribution in [1.29, 1.82) is 0 Å². The zero-order valence-corrected chi connectivity index (χ0v) is 16.1. The Hall–Kier alpha value is -1.84. The van der Waals surface area contributed by atoms with E-state index in [9.17, 15) is 13.2 Å². The van der Waals surface area contributed by atoms with Gasteiger partial charge in [0.15, 0.2) is 11.5 Å². The van der Waals surface area contributed by atoms with Crippen molar-refractivity contribution >= 4 is 15.9 Å². The number of ether oxygens (including phenoxy) is 2. The van der Waals surface area contributed by atoms with Crippen LogP contribution < -0.4 is 19.5 Å². The molecular weight excluding hydrogens is 358 g/mol. The first-order valence-electron chi connectivity index (χ1n) is 8.82. The van der Waals surface area contributed by atoms with E-state index >= 15 is 0 Å². The molecule has 1 heterocycles. The minimum atomic E-state index is -3.41. The van der Waals surface area contributed by atoms with Crippen LogP contribution >= 0.6 is 0 Å². The molecular formula is C17H27N3O5S. The van der Waals surface area contributed by atoms with E-state index in [1.807, 2.05) is 0 Å². The first kappa shape index (κ1) is 20.5. The van der Waals surface area contributed by atoms with Crippen LogP contribution in [0.25, 0.3) is 0 Å². The third-order valence-electron chi connectivity index (χ3n) is 4.16. The summed E-state index contributed by atoms with van der Waals surface area (Å²) in [5.41, 5.74) is 0.402. The molecule has 146 valence electrons. The summed E-state index contributed by atoms with van der Waals surface area (Å²) in [4.78, 5) is 14.3. The number of hydrogen-bond donors (Lipinski definition) is 2. The quantitative estimate of drug-likeness (QED) is 0.547. The number of rotatable bonds is 11. The molecule has 1 aromatic rings. The molecule has 0 saturated carbocycles. The first-order valence-corrected chi connectivity index (χ1v) is 10.5. The zero-order chi connectivity index (χ0) is 19.0. The lowest BCUT2D eigenvalue weighted by atomic mass is 10.2. The molecule has 8 nitrogen and oxygen atoms in total. The highest BCUT2D eigenvalue weighted by atomic mass is 32.2. The summed E-state index contributed by atoms with van der Waals surface area (Å²) in [6.07, 6.45) is 0.754. The van der Waals surface area contributed by atoms with Crippen LogP contribution in [0, 0.1) is 0 Å². The monoisotopic (exact) mass is 385 g/mol. The Kier molecular flexibility index (Phi) is 7.67. The molecule has 9 heteroatoms. The molecule has 0 saturated heterocycles. The van der Waals surface area contributed by atoms with E-state index in [2.05, 4.69) is 28.8 Å². The lowest BCUT2D eigenvalue weighted by Gasteiger charge is -2.17. The van der Waals surface area contributed by atoms with Crippen LogP contribution in [0.3, 0.4) is 0 Å². The second-order valence-corrected chi connectivity index (χ2v) is 7.84. The highest BCUT2D eigenvalue weighted by molar-refractivity contribution is 7.89. The third kappa shape index (κ3) is 6.15. The molecule has 0 atom stereocenters. The van der Waals surface area contributed by atoms with Gasteiger partial charge in [-0.1, -0.05) is 13.8 Å². The van der Waals surface area contributed by atoms with Crippen molar-refractivity contribution in [1.82, 2.24) is 14.9 Å². The molecule has 1 amide bonds. The summed E-state index contributed by atoms with van der Waals surface area (Å²) in [6, 6.07) is 4.85. The molecule has 0 unspecified atom stereocenters. The van der Waals surface area contributed by atoms with Gasteiger partial charge >= 0.3 is 0 Å². The van der Waals surface area contributed by atoms with Gasteiger partial charge in [0.2, 0.25) is 16.8 Å². The van der Waals surface area contributed by atoms with Crippen molar-refractivity contribution in [3.8, 4) is 11.5 Å². The van der Waals surface area contributed by atoms with Gasteiger partial charge in [0, 0.05) is 18.7 Å². The Morgan fingerprint density at radius 3 is 2.62 bits per heavy atom. The van der Waals surface area contributed by atoms with Crippen molar-refractivity contribution in [2.75, 3.05) is 45.3 Å². The van der Waals surface area contributed by atoms with Gasteiger partial charge in [-0.15, -0.1) is 0 Å². The second-order valence-electron chi connectivity index (χ2n) is 5.92. The van der Waals surface area contributed by atoms with Crippen LogP contribution in [0.1, 0.15) is 30.6 Å². The number of hydrogen-bond acceptors (Lipinski definition) is 6. The molecule has 1 aromatic carbocycles. The average molecular weight is 385 g/mol. The Bertz CT molecular complexity index is 704. The van der Waals surface area contributed by atoms with Gasteiger partial charge in [0.25, 0.3) is 5.91 Å². The van der Waals surface area contributed by atoms with E-state index in [1.165, 1.54) is 0 Å². The van der Waals surface area contributed by atoms with Gasteiger partial charge in [-0.25, -0.2) is 13.1 Å². The van der Waals surface area contributed by atoms with Crippen LogP contribution in [-0.2, 0) is 10.0 Å². The molecule has 0 aliphatic carbocycles. The highest BCUT2D eigenvalue weighted by Crippen LogP contribution is 2.32. The van der Waals surface area contributed by atoms with Crippen molar-refractivity contribution < 1.29 is 22.7 Å². The molecule has 0 aromatic heterocycles. The van der Waals surface area contributed by atoms with Gasteiger partial charge < -0.3 is 19.7 Å². The molecule has 0 spiro atoms. The number of nitrogens with one attached hydrogen (secondary N) is 2. The topological polar surface area (TPSA) is 97.0 Å². The molecule has 1 aliphatic rings. The summed E-state index contributed by atoms with van der Waals surface area (Å²) >= 11 is 0. The van der Waals surface area contributed by atoms with E-state index < -0.39 is 10.0 Å². The van der Waals surface area contributed by atoms with E-state index in [1.54, 1.807) is 18.2 Å². The molecule has 1 aliphatic heterocycles. The van der Waals surface area contributed by atoms with Crippen molar-refractivity contribution in [3.63, 3.8) is 0 Å². The Morgan fingerprint density at radius 2 is 1.88 bits per heavy atom. The van der Waals surface area contributed by atoms with Crippen LogP contribution in [0.15, 0.2) is 18.2 Å². The summed E-state index contributed by atoms with van der Waals surface area (Å²) in [7, 11) is -3.41. The largest absolute Gasteiger partial charge is 0.454 e. The molecule has 26 heavy (non-hydrogen) atoms. The fourth-order valence-electron chi connectivity index (χ4n) is 2.58. The maximum Gasteiger partial charge on any atom is 0.251 e. The summed E-state index contributed by atoms with van der Waals surface area (Å²) in [5.74, 6) is 0.604. The number of carbonyl (C=O) groups is 1. The lowest BCUT2D eigenvalue weighted by molar-refractivity contribution is 0.0955. The Morgan fingerprint density at radius 1 is 1.15 bits per heavy atom. The number of nitrogens with zero attached hydrogens (tertiary/aromatic N) is 1. The number of carbonyl (C=O) groups excluding carboxylic acids is 1. The SMILES string of the molecule is CCN(CC)CCCNS(=O)(=O)CCNC(=O)c1ccc2c(c1)OCO2. The molecule has 2 rings (SSSR count). The maximum absolute atomic E-state index is 12.1. The average Bonchev–Trinajstić information content (AvgIpc) is 3.09. The van der Waals surface area contributed by atoms with E-state index in [0.717, 1.165) is 26.1 Å². The fourth-order valence-corrected chi connectivity index (χ4v) is 3.55.